The fraction of sp³-hybridized carbons (Fsp3) is 0.636. The van der Waals surface area contributed by atoms with Gasteiger partial charge in [-0.3, -0.25) is 0 Å². The Morgan fingerprint density at radius 2 is 2.07 bits per heavy atom. The Hall–Kier alpha value is -0.840. The topological polar surface area (TPSA) is 43.6 Å². The molecule has 1 rings (SSSR count). The van der Waals surface area contributed by atoms with E-state index in [0.717, 1.165) is 11.3 Å². The lowest BCUT2D eigenvalue weighted by Gasteiger charge is -2.21. The van der Waals surface area contributed by atoms with E-state index in [9.17, 15) is 0 Å². The first-order chi connectivity index (χ1) is 7.19. The first kappa shape index (κ1) is 12.2. The van der Waals surface area contributed by atoms with E-state index in [-0.39, 0.29) is 12.3 Å². The molecule has 1 atom stereocenters. The fourth-order valence-corrected chi connectivity index (χ4v) is 1.44. The van der Waals surface area contributed by atoms with E-state index in [0.29, 0.717) is 6.54 Å². The van der Waals surface area contributed by atoms with Crippen LogP contribution in [0.2, 0.25) is 0 Å². The van der Waals surface area contributed by atoms with Gasteiger partial charge in [0.05, 0.1) is 18.8 Å². The van der Waals surface area contributed by atoms with Crippen molar-refractivity contribution in [1.82, 2.24) is 5.32 Å². The predicted molar refractivity (Wildman–Crippen MR) is 57.6 cm³/mol. The average molecular weight is 213 g/mol. The molecule has 1 N–H and O–H groups in total. The molecule has 1 aromatic heterocycles. The van der Waals surface area contributed by atoms with Crippen molar-refractivity contribution in [3.8, 4) is 0 Å². The van der Waals surface area contributed by atoms with Gasteiger partial charge in [0, 0.05) is 14.2 Å². The molecule has 0 spiro atoms. The van der Waals surface area contributed by atoms with Crippen LogP contribution in [-0.2, 0) is 16.0 Å². The third kappa shape index (κ3) is 3.34. The second kappa shape index (κ2) is 5.90. The van der Waals surface area contributed by atoms with E-state index < -0.39 is 0 Å². The largest absolute Gasteiger partial charge is 0.468 e. The van der Waals surface area contributed by atoms with Gasteiger partial charge in [-0.05, 0) is 25.5 Å². The van der Waals surface area contributed by atoms with Gasteiger partial charge in [0.2, 0.25) is 0 Å². The van der Waals surface area contributed by atoms with Crippen LogP contribution >= 0.6 is 0 Å². The van der Waals surface area contributed by atoms with E-state index in [2.05, 4.69) is 5.32 Å². The summed E-state index contributed by atoms with van der Waals surface area (Å²) in [5.74, 6) is 0.952. The normalized spacial score (nSPS) is 13.4. The molecule has 0 fully saturated rings. The van der Waals surface area contributed by atoms with E-state index in [1.54, 1.807) is 20.5 Å². The highest BCUT2D eigenvalue weighted by atomic mass is 16.7. The standard InChI is InChI=1S/C11H19NO3/c1-8-5-6-15-10(8)7-12-9(2)11(13-3)14-4/h5-6,9,11-12H,7H2,1-4H3. The van der Waals surface area contributed by atoms with Crippen LogP contribution in [0.5, 0.6) is 0 Å². The Kier molecular flexibility index (Phi) is 4.81. The Labute approximate surface area is 90.6 Å². The van der Waals surface area contributed by atoms with Crippen LogP contribution in [0, 0.1) is 6.92 Å². The van der Waals surface area contributed by atoms with Crippen LogP contribution in [-0.4, -0.2) is 26.6 Å². The predicted octanol–water partition coefficient (Wildman–Crippen LogP) is 1.69. The molecule has 0 aliphatic carbocycles. The van der Waals surface area contributed by atoms with Crippen molar-refractivity contribution in [2.45, 2.75) is 32.7 Å². The van der Waals surface area contributed by atoms with Crippen molar-refractivity contribution >= 4 is 0 Å². The molecular weight excluding hydrogens is 194 g/mol. The van der Waals surface area contributed by atoms with Crippen molar-refractivity contribution in [2.75, 3.05) is 14.2 Å². The summed E-state index contributed by atoms with van der Waals surface area (Å²) < 4.78 is 15.6. The first-order valence-electron chi connectivity index (χ1n) is 5.01. The summed E-state index contributed by atoms with van der Waals surface area (Å²) in [6.45, 7) is 4.72. The third-order valence-electron chi connectivity index (χ3n) is 2.43. The summed E-state index contributed by atoms with van der Waals surface area (Å²) in [6, 6.07) is 2.07. The van der Waals surface area contributed by atoms with Crippen LogP contribution in [0.4, 0.5) is 0 Å². The molecular formula is C11H19NO3. The molecule has 0 saturated heterocycles. The summed E-state index contributed by atoms with van der Waals surface area (Å²) in [7, 11) is 3.26. The van der Waals surface area contributed by atoms with Gasteiger partial charge in [0.15, 0.2) is 6.29 Å². The minimum absolute atomic E-state index is 0.115. The van der Waals surface area contributed by atoms with Crippen molar-refractivity contribution in [3.63, 3.8) is 0 Å². The summed E-state index contributed by atoms with van der Waals surface area (Å²) in [6.07, 6.45) is 1.46. The van der Waals surface area contributed by atoms with Gasteiger partial charge in [-0.15, -0.1) is 0 Å². The molecule has 1 unspecified atom stereocenters. The molecule has 1 heterocycles. The molecule has 0 saturated carbocycles. The molecule has 0 radical (unpaired) electrons. The lowest BCUT2D eigenvalue weighted by molar-refractivity contribution is -0.119. The summed E-state index contributed by atoms with van der Waals surface area (Å²) in [5.41, 5.74) is 1.15. The number of methoxy groups -OCH3 is 2. The van der Waals surface area contributed by atoms with Gasteiger partial charge in [-0.1, -0.05) is 0 Å². The molecule has 0 aliphatic rings. The van der Waals surface area contributed by atoms with Gasteiger partial charge < -0.3 is 19.2 Å². The van der Waals surface area contributed by atoms with Crippen LogP contribution in [0.25, 0.3) is 0 Å². The maximum atomic E-state index is 5.32. The maximum Gasteiger partial charge on any atom is 0.171 e. The Balaban J connectivity index is 2.40. The van der Waals surface area contributed by atoms with Gasteiger partial charge in [0.25, 0.3) is 0 Å². The number of hydrogen-bond donors (Lipinski definition) is 1. The van der Waals surface area contributed by atoms with E-state index >= 15 is 0 Å². The molecule has 0 aliphatic heterocycles. The second-order valence-corrected chi connectivity index (χ2v) is 3.54. The first-order valence-corrected chi connectivity index (χ1v) is 5.01. The molecule has 15 heavy (non-hydrogen) atoms. The lowest BCUT2D eigenvalue weighted by Crippen LogP contribution is -2.39. The van der Waals surface area contributed by atoms with Gasteiger partial charge in [0.1, 0.15) is 5.76 Å². The SMILES string of the molecule is COC(OC)C(C)NCc1occc1C. The maximum absolute atomic E-state index is 5.32. The zero-order chi connectivity index (χ0) is 11.3. The third-order valence-corrected chi connectivity index (χ3v) is 2.43. The molecule has 0 amide bonds. The molecule has 4 heteroatoms. The lowest BCUT2D eigenvalue weighted by atomic mass is 10.2. The molecule has 1 aromatic rings. The van der Waals surface area contributed by atoms with Crippen molar-refractivity contribution in [2.24, 2.45) is 0 Å². The van der Waals surface area contributed by atoms with Crippen molar-refractivity contribution in [1.29, 1.82) is 0 Å². The van der Waals surface area contributed by atoms with E-state index in [4.69, 9.17) is 13.9 Å². The summed E-state index contributed by atoms with van der Waals surface area (Å²) >= 11 is 0. The van der Waals surface area contributed by atoms with Gasteiger partial charge >= 0.3 is 0 Å². The molecule has 4 nitrogen and oxygen atoms in total. The smallest absolute Gasteiger partial charge is 0.171 e. The van der Waals surface area contributed by atoms with E-state index in [1.165, 1.54) is 0 Å². The van der Waals surface area contributed by atoms with Gasteiger partial charge in [-0.25, -0.2) is 0 Å². The van der Waals surface area contributed by atoms with Crippen LogP contribution in [0.1, 0.15) is 18.2 Å². The monoisotopic (exact) mass is 213 g/mol. The number of nitrogens with one attached hydrogen (secondary N) is 1. The Morgan fingerprint density at radius 1 is 1.40 bits per heavy atom. The van der Waals surface area contributed by atoms with Crippen molar-refractivity contribution < 1.29 is 13.9 Å². The van der Waals surface area contributed by atoms with Crippen LogP contribution in [0.3, 0.4) is 0 Å². The highest BCUT2D eigenvalue weighted by Crippen LogP contribution is 2.09. The van der Waals surface area contributed by atoms with E-state index in [1.807, 2.05) is 19.9 Å². The number of rotatable bonds is 6. The highest BCUT2D eigenvalue weighted by molar-refractivity contribution is 5.14. The number of furan rings is 1. The Morgan fingerprint density at radius 3 is 2.53 bits per heavy atom. The number of ether oxygens (including phenoxy) is 2. The van der Waals surface area contributed by atoms with Gasteiger partial charge in [-0.2, -0.15) is 0 Å². The quantitative estimate of drug-likeness (QED) is 0.730. The zero-order valence-corrected chi connectivity index (χ0v) is 9.74. The zero-order valence-electron chi connectivity index (χ0n) is 9.74. The summed E-state index contributed by atoms with van der Waals surface area (Å²) in [4.78, 5) is 0. The average Bonchev–Trinajstić information content (AvgIpc) is 2.63. The van der Waals surface area contributed by atoms with Crippen LogP contribution < -0.4 is 5.32 Å². The van der Waals surface area contributed by atoms with Crippen molar-refractivity contribution in [3.05, 3.63) is 23.7 Å². The second-order valence-electron chi connectivity index (χ2n) is 3.54. The van der Waals surface area contributed by atoms with Crippen LogP contribution in [0.15, 0.2) is 16.7 Å². The molecule has 0 aromatic carbocycles. The highest BCUT2D eigenvalue weighted by Gasteiger charge is 2.15. The Bertz CT molecular complexity index is 281. The number of hydrogen-bond acceptors (Lipinski definition) is 4. The fourth-order valence-electron chi connectivity index (χ4n) is 1.44. The molecule has 0 bridgehead atoms. The molecule has 86 valence electrons. The minimum atomic E-state index is -0.236. The number of aryl methyl sites for hydroxylation is 1. The summed E-state index contributed by atoms with van der Waals surface area (Å²) in [5, 5.41) is 3.28. The minimum Gasteiger partial charge on any atom is -0.468 e.